The van der Waals surface area contributed by atoms with Crippen molar-refractivity contribution >= 4 is 21.6 Å². The quantitative estimate of drug-likeness (QED) is 0.826. The number of nitrogens with zero attached hydrogens (tertiary/aromatic N) is 2. The third kappa shape index (κ3) is 4.02. The van der Waals surface area contributed by atoms with E-state index in [9.17, 15) is 17.6 Å². The Labute approximate surface area is 129 Å². The molecule has 2 N–H and O–H groups in total. The van der Waals surface area contributed by atoms with Crippen LogP contribution in [0.3, 0.4) is 0 Å². The van der Waals surface area contributed by atoms with E-state index in [-0.39, 0.29) is 23.4 Å². The van der Waals surface area contributed by atoms with Gasteiger partial charge in [0, 0.05) is 6.54 Å². The van der Waals surface area contributed by atoms with Gasteiger partial charge < -0.3 is 4.90 Å². The third-order valence-electron chi connectivity index (χ3n) is 3.79. The number of para-hydroxylation sites is 1. The molecule has 0 spiro atoms. The molecule has 22 heavy (non-hydrogen) atoms. The summed E-state index contributed by atoms with van der Waals surface area (Å²) in [5.74, 6) is -0.702. The molecule has 1 heterocycles. The largest absolute Gasteiger partial charge is 0.308 e. The van der Waals surface area contributed by atoms with Crippen LogP contribution in [0.25, 0.3) is 0 Å². The highest BCUT2D eigenvalue weighted by Crippen LogP contribution is 2.26. The first-order valence-corrected chi connectivity index (χ1v) is 8.78. The fourth-order valence-electron chi connectivity index (χ4n) is 2.65. The van der Waals surface area contributed by atoms with E-state index in [0.717, 1.165) is 0 Å². The summed E-state index contributed by atoms with van der Waals surface area (Å²) in [4.78, 5) is 15.7. The Morgan fingerprint density at radius 3 is 2.73 bits per heavy atom. The minimum atomic E-state index is -3.49. The molecule has 122 valence electrons. The maximum Gasteiger partial charge on any atom is 0.244 e. The molecule has 1 amide bonds. The maximum atomic E-state index is 13.8. The molecule has 1 aromatic carbocycles. The normalized spacial score (nSPS) is 19.2. The number of sulfonamides is 1. The summed E-state index contributed by atoms with van der Waals surface area (Å²) in [6.07, 6.45) is 0.942. The Hall–Kier alpha value is -1.51. The van der Waals surface area contributed by atoms with E-state index in [0.29, 0.717) is 25.9 Å². The molecule has 2 rings (SSSR count). The minimum Gasteiger partial charge on any atom is -0.308 e. The average molecular weight is 329 g/mol. The monoisotopic (exact) mass is 329 g/mol. The Kier molecular flexibility index (Phi) is 5.15. The second-order valence-corrected chi connectivity index (χ2v) is 7.18. The van der Waals surface area contributed by atoms with E-state index < -0.39 is 15.8 Å². The van der Waals surface area contributed by atoms with Crippen molar-refractivity contribution < 1.29 is 17.6 Å². The Bertz CT molecular complexity index is 650. The molecule has 1 aliphatic rings. The lowest BCUT2D eigenvalue weighted by atomic mass is 10.2. The summed E-state index contributed by atoms with van der Waals surface area (Å²) in [6, 6.07) is 5.81. The molecule has 1 saturated heterocycles. The lowest BCUT2D eigenvalue weighted by Gasteiger charge is -2.23. The zero-order valence-corrected chi connectivity index (χ0v) is 13.2. The van der Waals surface area contributed by atoms with E-state index in [1.54, 1.807) is 30.1 Å². The SMILES string of the molecule is CN(CCCS(N)(=O)=O)[C@H]1CCN(c2ccccc2F)C1=O. The number of nitrogens with two attached hydrogens (primary N) is 1. The molecule has 0 unspecified atom stereocenters. The summed E-state index contributed by atoms with van der Waals surface area (Å²) in [6.45, 7) is 0.891. The highest BCUT2D eigenvalue weighted by atomic mass is 32.2. The van der Waals surface area contributed by atoms with Crippen LogP contribution >= 0.6 is 0 Å². The molecule has 1 aromatic rings. The van der Waals surface area contributed by atoms with Crippen molar-refractivity contribution in [2.75, 3.05) is 30.8 Å². The highest BCUT2D eigenvalue weighted by Gasteiger charge is 2.35. The number of hydrogen-bond acceptors (Lipinski definition) is 4. The zero-order chi connectivity index (χ0) is 16.3. The fraction of sp³-hybridized carbons (Fsp3) is 0.500. The van der Waals surface area contributed by atoms with Crippen molar-refractivity contribution in [2.45, 2.75) is 18.9 Å². The summed E-state index contributed by atoms with van der Waals surface area (Å²) in [5.41, 5.74) is 0.285. The smallest absolute Gasteiger partial charge is 0.244 e. The molecular weight excluding hydrogens is 309 g/mol. The lowest BCUT2D eigenvalue weighted by Crippen LogP contribution is -2.40. The van der Waals surface area contributed by atoms with Crippen molar-refractivity contribution in [1.82, 2.24) is 4.90 Å². The number of amides is 1. The van der Waals surface area contributed by atoms with E-state index in [2.05, 4.69) is 0 Å². The molecule has 1 atom stereocenters. The number of primary sulfonamides is 1. The third-order valence-corrected chi connectivity index (χ3v) is 4.65. The van der Waals surface area contributed by atoms with Crippen LogP contribution < -0.4 is 10.0 Å². The summed E-state index contributed by atoms with van der Waals surface area (Å²) < 4.78 is 35.6. The van der Waals surface area contributed by atoms with Crippen LogP contribution in [0.2, 0.25) is 0 Å². The first-order chi connectivity index (χ1) is 10.3. The lowest BCUT2D eigenvalue weighted by molar-refractivity contribution is -0.121. The number of carbonyl (C=O) groups is 1. The molecule has 8 heteroatoms. The standard InChI is InChI=1S/C14H20FN3O3S/c1-17(8-4-10-22(16,20)21)13-7-9-18(14(13)19)12-6-3-2-5-11(12)15/h2-3,5-6,13H,4,7-10H2,1H3,(H2,16,20,21)/t13-/m0/s1. The second-order valence-electron chi connectivity index (χ2n) is 5.45. The van der Waals surface area contributed by atoms with Gasteiger partial charge in [-0.25, -0.2) is 17.9 Å². The van der Waals surface area contributed by atoms with Gasteiger partial charge in [-0.05, 0) is 38.6 Å². The summed E-state index contributed by atoms with van der Waals surface area (Å²) in [7, 11) is -1.73. The first kappa shape index (κ1) is 16.9. The van der Waals surface area contributed by atoms with Crippen LogP contribution in [0.4, 0.5) is 10.1 Å². The number of halogens is 1. The van der Waals surface area contributed by atoms with Crippen molar-refractivity contribution in [2.24, 2.45) is 5.14 Å². The predicted octanol–water partition coefficient (Wildman–Crippen LogP) is 0.541. The number of anilines is 1. The molecule has 6 nitrogen and oxygen atoms in total. The van der Waals surface area contributed by atoms with E-state index in [4.69, 9.17) is 5.14 Å². The molecular formula is C14H20FN3O3S. The molecule has 0 radical (unpaired) electrons. The second kappa shape index (κ2) is 6.72. The molecule has 1 aliphatic heterocycles. The van der Waals surface area contributed by atoms with Crippen molar-refractivity contribution in [3.63, 3.8) is 0 Å². The van der Waals surface area contributed by atoms with E-state index in [1.165, 1.54) is 11.0 Å². The van der Waals surface area contributed by atoms with Gasteiger partial charge in [0.1, 0.15) is 5.82 Å². The number of carbonyl (C=O) groups excluding carboxylic acids is 1. The first-order valence-electron chi connectivity index (χ1n) is 7.06. The predicted molar refractivity (Wildman–Crippen MR) is 82.4 cm³/mol. The van der Waals surface area contributed by atoms with Crippen molar-refractivity contribution in [3.8, 4) is 0 Å². The molecule has 1 fully saturated rings. The number of likely N-dealkylation sites (N-methyl/N-ethyl adjacent to an activating group) is 1. The van der Waals surface area contributed by atoms with Gasteiger partial charge in [0.15, 0.2) is 0 Å². The summed E-state index contributed by atoms with van der Waals surface area (Å²) in [5, 5.41) is 4.95. The summed E-state index contributed by atoms with van der Waals surface area (Å²) >= 11 is 0. The molecule has 0 saturated carbocycles. The van der Waals surface area contributed by atoms with Crippen LogP contribution in [0.5, 0.6) is 0 Å². The van der Waals surface area contributed by atoms with Crippen LogP contribution in [-0.4, -0.2) is 51.2 Å². The van der Waals surface area contributed by atoms with Crippen molar-refractivity contribution in [1.29, 1.82) is 0 Å². The van der Waals surface area contributed by atoms with Gasteiger partial charge in [-0.15, -0.1) is 0 Å². The highest BCUT2D eigenvalue weighted by molar-refractivity contribution is 7.89. The number of benzene rings is 1. The Morgan fingerprint density at radius 1 is 1.41 bits per heavy atom. The molecule has 0 aliphatic carbocycles. The van der Waals surface area contributed by atoms with E-state index in [1.807, 2.05) is 0 Å². The Morgan fingerprint density at radius 2 is 2.09 bits per heavy atom. The van der Waals surface area contributed by atoms with Gasteiger partial charge in [0.05, 0.1) is 17.5 Å². The van der Waals surface area contributed by atoms with Gasteiger partial charge >= 0.3 is 0 Å². The van der Waals surface area contributed by atoms with Gasteiger partial charge in [-0.3, -0.25) is 9.69 Å². The van der Waals surface area contributed by atoms with Crippen molar-refractivity contribution in [3.05, 3.63) is 30.1 Å². The van der Waals surface area contributed by atoms with E-state index >= 15 is 0 Å². The Balaban J connectivity index is 1.98. The van der Waals surface area contributed by atoms with Crippen LogP contribution in [-0.2, 0) is 14.8 Å². The van der Waals surface area contributed by atoms with Gasteiger partial charge in [-0.2, -0.15) is 0 Å². The van der Waals surface area contributed by atoms with Crippen LogP contribution in [0.1, 0.15) is 12.8 Å². The number of rotatable bonds is 6. The van der Waals surface area contributed by atoms with Gasteiger partial charge in [0.25, 0.3) is 0 Å². The molecule has 0 aromatic heterocycles. The average Bonchev–Trinajstić information content (AvgIpc) is 2.79. The van der Waals surface area contributed by atoms with Crippen LogP contribution in [0.15, 0.2) is 24.3 Å². The molecule has 0 bridgehead atoms. The van der Waals surface area contributed by atoms with Crippen LogP contribution in [0, 0.1) is 5.82 Å². The fourth-order valence-corrected chi connectivity index (χ4v) is 3.19. The number of hydrogen-bond donors (Lipinski definition) is 1. The topological polar surface area (TPSA) is 83.7 Å². The minimum absolute atomic E-state index is 0.116. The van der Waals surface area contributed by atoms with Gasteiger partial charge in [-0.1, -0.05) is 12.1 Å². The van der Waals surface area contributed by atoms with Gasteiger partial charge in [0.2, 0.25) is 15.9 Å². The zero-order valence-electron chi connectivity index (χ0n) is 12.4. The maximum absolute atomic E-state index is 13.8.